The van der Waals surface area contributed by atoms with Gasteiger partial charge in [0.05, 0.1) is 16.8 Å². The molecule has 4 aromatic rings. The Bertz CT molecular complexity index is 1760. The van der Waals surface area contributed by atoms with E-state index in [-0.39, 0.29) is 23.6 Å². The van der Waals surface area contributed by atoms with Crippen molar-refractivity contribution in [2.24, 2.45) is 0 Å². The summed E-state index contributed by atoms with van der Waals surface area (Å²) in [6.45, 7) is 5.30. The number of alkyl halides is 3. The van der Waals surface area contributed by atoms with Gasteiger partial charge in [0, 0.05) is 59.8 Å². The number of nitrogens with zero attached hydrogens (tertiary/aromatic N) is 4. The molecule has 3 aromatic carbocycles. The number of halogens is 3. The molecule has 0 spiro atoms. The van der Waals surface area contributed by atoms with Gasteiger partial charge in [-0.25, -0.2) is 14.8 Å². The largest absolute Gasteiger partial charge is 0.478 e. The third kappa shape index (κ3) is 7.86. The van der Waals surface area contributed by atoms with Crippen molar-refractivity contribution in [1.29, 1.82) is 0 Å². The lowest BCUT2D eigenvalue weighted by Gasteiger charge is -2.24. The van der Waals surface area contributed by atoms with Crippen LogP contribution >= 0.6 is 7.14 Å². The first-order valence-electron chi connectivity index (χ1n) is 14.7. The van der Waals surface area contributed by atoms with Crippen molar-refractivity contribution in [3.05, 3.63) is 95.3 Å². The van der Waals surface area contributed by atoms with Crippen LogP contribution in [0.15, 0.2) is 72.9 Å². The quantitative estimate of drug-likeness (QED) is 0.162. The maximum Gasteiger partial charge on any atom is 0.419 e. The number of carbonyl (C=O) groups is 1. The van der Waals surface area contributed by atoms with Crippen LogP contribution in [0.2, 0.25) is 0 Å². The van der Waals surface area contributed by atoms with Crippen LogP contribution in [-0.2, 0) is 17.2 Å². The fraction of sp³-hybridized carbons (Fsp3) is 0.303. The Morgan fingerprint density at radius 3 is 2.26 bits per heavy atom. The van der Waals surface area contributed by atoms with Crippen molar-refractivity contribution < 1.29 is 27.6 Å². The third-order valence-electron chi connectivity index (χ3n) is 7.99. The number of likely N-dealkylation sites (N-methyl/N-ethyl adjacent to an activating group) is 1. The van der Waals surface area contributed by atoms with E-state index in [1.165, 1.54) is 24.3 Å². The summed E-state index contributed by atoms with van der Waals surface area (Å²) in [4.78, 5) is 23.6. The zero-order valence-corrected chi connectivity index (χ0v) is 26.9. The SMILES string of the molecule is CN(C)[C@@H]1CCN(c2ccc(Nc3ccc(Cc4nc(Nc5ccc(C(=O)O)cc5)ncc4C(F)(F)F)cc3)c(P(C)(C)=O)c2)C1. The van der Waals surface area contributed by atoms with Crippen LogP contribution in [0, 0.1) is 0 Å². The molecule has 242 valence electrons. The number of aromatic carboxylic acids is 1. The molecule has 1 fully saturated rings. The van der Waals surface area contributed by atoms with E-state index in [2.05, 4.69) is 44.5 Å². The summed E-state index contributed by atoms with van der Waals surface area (Å²) in [6, 6.07) is 19.1. The number of rotatable bonds is 10. The summed E-state index contributed by atoms with van der Waals surface area (Å²) in [5, 5.41) is 16.0. The molecule has 46 heavy (non-hydrogen) atoms. The number of carboxylic acid groups (broad SMARTS) is 1. The van der Waals surface area contributed by atoms with Crippen molar-refractivity contribution in [1.82, 2.24) is 14.9 Å². The summed E-state index contributed by atoms with van der Waals surface area (Å²) >= 11 is 0. The Morgan fingerprint density at radius 1 is 1.02 bits per heavy atom. The highest BCUT2D eigenvalue weighted by Crippen LogP contribution is 2.40. The summed E-state index contributed by atoms with van der Waals surface area (Å²) in [5.41, 5.74) is 2.40. The van der Waals surface area contributed by atoms with Crippen molar-refractivity contribution >= 4 is 47.1 Å². The summed E-state index contributed by atoms with van der Waals surface area (Å²) in [5.74, 6) is -1.14. The lowest BCUT2D eigenvalue weighted by molar-refractivity contribution is -0.138. The lowest BCUT2D eigenvalue weighted by atomic mass is 10.1. The molecule has 0 aliphatic carbocycles. The van der Waals surface area contributed by atoms with Crippen molar-refractivity contribution in [2.75, 3.05) is 56.0 Å². The molecule has 1 aliphatic rings. The van der Waals surface area contributed by atoms with Crippen LogP contribution in [0.5, 0.6) is 0 Å². The molecule has 2 heterocycles. The number of hydrogen-bond donors (Lipinski definition) is 3. The molecular weight excluding hydrogens is 616 g/mol. The first-order chi connectivity index (χ1) is 21.7. The summed E-state index contributed by atoms with van der Waals surface area (Å²) in [6.07, 6.45) is -2.96. The second kappa shape index (κ2) is 13.1. The van der Waals surface area contributed by atoms with Crippen LogP contribution in [0.4, 0.5) is 41.9 Å². The molecule has 1 atom stereocenters. The van der Waals surface area contributed by atoms with E-state index in [0.29, 0.717) is 23.0 Å². The minimum absolute atomic E-state index is 0.0462. The van der Waals surface area contributed by atoms with Gasteiger partial charge in [-0.15, -0.1) is 0 Å². The summed E-state index contributed by atoms with van der Waals surface area (Å²) < 4.78 is 54.9. The smallest absolute Gasteiger partial charge is 0.419 e. The van der Waals surface area contributed by atoms with Crippen LogP contribution in [0.25, 0.3) is 0 Å². The topological polar surface area (TPSA) is 111 Å². The minimum Gasteiger partial charge on any atom is -0.478 e. The Hall–Kier alpha value is -4.41. The van der Waals surface area contributed by atoms with Gasteiger partial charge in [-0.05, 0) is 94.0 Å². The fourth-order valence-electron chi connectivity index (χ4n) is 5.39. The standard InChI is InChI=1S/C33H36F3N6O3P/c1-41(2)26-15-16-42(20-26)25-13-14-28(30(18-25)46(3,4)45)38-23-9-5-21(6-10-23)17-29-27(33(34,35)36)19-37-32(40-29)39-24-11-7-22(8-12-24)31(43)44/h5-14,18-19,26,38H,15-17,20H2,1-4H3,(H,43,44)(H,37,39,40)/t26-/m1/s1. The van der Waals surface area contributed by atoms with Gasteiger partial charge in [0.1, 0.15) is 7.14 Å². The van der Waals surface area contributed by atoms with Crippen molar-refractivity contribution in [3.63, 3.8) is 0 Å². The zero-order valence-electron chi connectivity index (χ0n) is 26.0. The number of hydrogen-bond acceptors (Lipinski definition) is 8. The van der Waals surface area contributed by atoms with Gasteiger partial charge < -0.3 is 30.1 Å². The molecule has 0 unspecified atom stereocenters. The lowest BCUT2D eigenvalue weighted by Crippen LogP contribution is -2.31. The van der Waals surface area contributed by atoms with Crippen molar-refractivity contribution in [2.45, 2.75) is 25.1 Å². The maximum atomic E-state index is 13.9. The maximum absolute atomic E-state index is 13.9. The molecule has 0 bridgehead atoms. The average Bonchev–Trinajstić information content (AvgIpc) is 3.49. The van der Waals surface area contributed by atoms with E-state index < -0.39 is 24.9 Å². The van der Waals surface area contributed by atoms with E-state index in [0.717, 1.165) is 42.4 Å². The normalized spacial score (nSPS) is 15.3. The van der Waals surface area contributed by atoms with E-state index in [1.807, 2.05) is 18.2 Å². The highest BCUT2D eigenvalue weighted by atomic mass is 31.2. The highest BCUT2D eigenvalue weighted by molar-refractivity contribution is 7.70. The van der Waals surface area contributed by atoms with Gasteiger partial charge in [-0.3, -0.25) is 0 Å². The van der Waals surface area contributed by atoms with Gasteiger partial charge in [-0.2, -0.15) is 13.2 Å². The van der Waals surface area contributed by atoms with Crippen LogP contribution in [-0.4, -0.2) is 72.5 Å². The highest BCUT2D eigenvalue weighted by Gasteiger charge is 2.35. The van der Waals surface area contributed by atoms with E-state index in [9.17, 15) is 22.5 Å². The van der Waals surface area contributed by atoms with E-state index >= 15 is 0 Å². The molecule has 9 nitrogen and oxygen atoms in total. The second-order valence-corrected chi connectivity index (χ2v) is 15.1. The molecule has 5 rings (SSSR count). The molecule has 1 aromatic heterocycles. The number of nitrogens with one attached hydrogen (secondary N) is 2. The third-order valence-corrected chi connectivity index (χ3v) is 9.52. The van der Waals surface area contributed by atoms with Gasteiger partial charge in [-0.1, -0.05) is 12.1 Å². The number of benzene rings is 3. The molecule has 13 heteroatoms. The molecule has 0 radical (unpaired) electrons. The van der Waals surface area contributed by atoms with Gasteiger partial charge in [0.2, 0.25) is 5.95 Å². The van der Waals surface area contributed by atoms with E-state index in [4.69, 9.17) is 5.11 Å². The molecule has 0 amide bonds. The van der Waals surface area contributed by atoms with Crippen LogP contribution in [0.1, 0.15) is 33.6 Å². The summed E-state index contributed by atoms with van der Waals surface area (Å²) in [7, 11) is 1.49. The van der Waals surface area contributed by atoms with Crippen LogP contribution in [0.3, 0.4) is 0 Å². The Morgan fingerprint density at radius 2 is 1.67 bits per heavy atom. The molecular formula is C33H36F3N6O3P. The number of carboxylic acids is 1. The van der Waals surface area contributed by atoms with Gasteiger partial charge >= 0.3 is 12.1 Å². The Kier molecular flexibility index (Phi) is 9.42. The van der Waals surface area contributed by atoms with Gasteiger partial charge in [0.25, 0.3) is 0 Å². The Labute approximate surface area is 265 Å². The first kappa shape index (κ1) is 33.0. The minimum atomic E-state index is -4.66. The predicted octanol–water partition coefficient (Wildman–Crippen LogP) is 6.66. The fourth-order valence-corrected chi connectivity index (χ4v) is 6.55. The van der Waals surface area contributed by atoms with Gasteiger partial charge in [0.15, 0.2) is 0 Å². The van der Waals surface area contributed by atoms with Crippen molar-refractivity contribution in [3.8, 4) is 0 Å². The zero-order chi connectivity index (χ0) is 33.2. The second-order valence-electron chi connectivity index (χ2n) is 12.0. The van der Waals surface area contributed by atoms with Crippen LogP contribution < -0.4 is 20.8 Å². The predicted molar refractivity (Wildman–Crippen MR) is 176 cm³/mol. The first-order valence-corrected chi connectivity index (χ1v) is 17.3. The molecule has 1 saturated heterocycles. The molecule has 0 saturated carbocycles. The molecule has 1 aliphatic heterocycles. The number of anilines is 5. The average molecular weight is 653 g/mol. The number of aromatic nitrogens is 2. The van der Waals surface area contributed by atoms with E-state index in [1.54, 1.807) is 37.6 Å². The Balaban J connectivity index is 1.34. The molecule has 3 N–H and O–H groups in total. The monoisotopic (exact) mass is 652 g/mol.